The minimum absolute atomic E-state index is 0.171. The van der Waals surface area contributed by atoms with Crippen LogP contribution < -0.4 is 10.5 Å². The van der Waals surface area contributed by atoms with Crippen LogP contribution >= 0.6 is 0 Å². The quantitative estimate of drug-likeness (QED) is 0.298. The fourth-order valence-corrected chi connectivity index (χ4v) is 4.37. The summed E-state index contributed by atoms with van der Waals surface area (Å²) in [5.41, 5.74) is 8.66. The van der Waals surface area contributed by atoms with Crippen molar-refractivity contribution in [1.29, 1.82) is 0 Å². The highest BCUT2D eigenvalue weighted by Gasteiger charge is 2.36. The molecule has 0 saturated heterocycles. The number of rotatable bonds is 9. The number of aromatic nitrogens is 2. The number of alkyl halides is 2. The highest BCUT2D eigenvalue weighted by Crippen LogP contribution is 2.37. The summed E-state index contributed by atoms with van der Waals surface area (Å²) in [4.78, 5) is 0. The number of anilines is 1. The first-order valence-corrected chi connectivity index (χ1v) is 13.8. The Morgan fingerprint density at radius 3 is 2.53 bits per heavy atom. The maximum Gasteiger partial charge on any atom is 0.272 e. The fourth-order valence-electron chi connectivity index (χ4n) is 3.28. The van der Waals surface area contributed by atoms with Crippen LogP contribution in [-0.4, -0.2) is 37.7 Å². The summed E-state index contributed by atoms with van der Waals surface area (Å²) in [6.45, 7) is 11.9. The van der Waals surface area contributed by atoms with Crippen LogP contribution in [-0.2, 0) is 11.0 Å². The van der Waals surface area contributed by atoms with Crippen molar-refractivity contribution < 1.29 is 17.9 Å². The summed E-state index contributed by atoms with van der Waals surface area (Å²) in [6.07, 6.45) is -1.71. The second-order valence-electron chi connectivity index (χ2n) is 9.50. The first-order chi connectivity index (χ1) is 15.0. The molecule has 0 spiro atoms. The average molecular weight is 462 g/mol. The second kappa shape index (κ2) is 9.58. The van der Waals surface area contributed by atoms with Gasteiger partial charge >= 0.3 is 0 Å². The third kappa shape index (κ3) is 5.47. The Morgan fingerprint density at radius 1 is 1.12 bits per heavy atom. The molecule has 3 rings (SSSR count). The van der Waals surface area contributed by atoms with Crippen molar-refractivity contribution >= 4 is 25.0 Å². The largest absolute Gasteiger partial charge is 0.487 e. The summed E-state index contributed by atoms with van der Waals surface area (Å²) in [6, 6.07) is 13.0. The Morgan fingerprint density at radius 2 is 1.84 bits per heavy atom. The minimum Gasteiger partial charge on any atom is -0.487 e. The maximum absolute atomic E-state index is 12.6. The van der Waals surface area contributed by atoms with Crippen molar-refractivity contribution in [1.82, 2.24) is 9.78 Å². The van der Waals surface area contributed by atoms with Crippen LogP contribution in [0.2, 0.25) is 18.1 Å². The molecule has 0 saturated carbocycles. The molecule has 5 nitrogen and oxygen atoms in total. The lowest BCUT2D eigenvalue weighted by atomic mass is 10.0. The van der Waals surface area contributed by atoms with Crippen molar-refractivity contribution in [3.05, 3.63) is 42.5 Å². The van der Waals surface area contributed by atoms with Crippen LogP contribution in [0, 0.1) is 0 Å². The van der Waals surface area contributed by atoms with Crippen LogP contribution in [0.3, 0.4) is 0 Å². The molecule has 1 aromatic heterocycles. The smallest absolute Gasteiger partial charge is 0.272 e. The SMILES string of the molecule is CC(C)(C)[Si](C)(C)OCCCn1nc(N)c2ccc(-c3ccccc3OCC(F)F)cc21. The van der Waals surface area contributed by atoms with Gasteiger partial charge in [0.1, 0.15) is 12.4 Å². The van der Waals surface area contributed by atoms with Gasteiger partial charge in [0, 0.05) is 24.1 Å². The molecule has 2 aromatic carbocycles. The Kier molecular flexibility index (Phi) is 7.24. The van der Waals surface area contributed by atoms with E-state index in [1.165, 1.54) is 0 Å². The maximum atomic E-state index is 12.6. The molecule has 174 valence electrons. The molecule has 0 atom stereocenters. The number of para-hydroxylation sites is 1. The molecule has 3 aromatic rings. The number of nitrogens with two attached hydrogens (primary N) is 1. The predicted molar refractivity (Wildman–Crippen MR) is 129 cm³/mol. The van der Waals surface area contributed by atoms with Gasteiger partial charge in [-0.25, -0.2) is 8.78 Å². The highest BCUT2D eigenvalue weighted by atomic mass is 28.4. The Balaban J connectivity index is 1.80. The van der Waals surface area contributed by atoms with E-state index in [0.29, 0.717) is 24.7 Å². The van der Waals surface area contributed by atoms with Crippen LogP contribution in [0.5, 0.6) is 5.75 Å². The molecule has 0 amide bonds. The molecular formula is C24H33F2N3O2Si. The normalized spacial score (nSPS) is 12.6. The van der Waals surface area contributed by atoms with E-state index in [2.05, 4.69) is 39.0 Å². The lowest BCUT2D eigenvalue weighted by molar-refractivity contribution is 0.0822. The number of benzene rings is 2. The van der Waals surface area contributed by atoms with E-state index in [-0.39, 0.29) is 5.04 Å². The lowest BCUT2D eigenvalue weighted by Crippen LogP contribution is -2.41. The third-order valence-electron chi connectivity index (χ3n) is 6.13. The topological polar surface area (TPSA) is 62.3 Å². The molecule has 1 heterocycles. The Bertz CT molecular complexity index is 1060. The molecule has 0 unspecified atom stereocenters. The monoisotopic (exact) mass is 461 g/mol. The Labute approximate surface area is 189 Å². The van der Waals surface area contributed by atoms with Crippen LogP contribution in [0.15, 0.2) is 42.5 Å². The minimum atomic E-state index is -2.53. The predicted octanol–water partition coefficient (Wildman–Crippen LogP) is 6.34. The molecule has 0 aliphatic carbocycles. The molecule has 2 N–H and O–H groups in total. The summed E-state index contributed by atoms with van der Waals surface area (Å²) in [5, 5.41) is 5.55. The first kappa shape index (κ1) is 24.2. The van der Waals surface area contributed by atoms with Crippen molar-refractivity contribution in [2.45, 2.75) is 58.3 Å². The van der Waals surface area contributed by atoms with E-state index in [9.17, 15) is 8.78 Å². The molecule has 0 aliphatic rings. The first-order valence-electron chi connectivity index (χ1n) is 10.9. The van der Waals surface area contributed by atoms with Gasteiger partial charge in [0.25, 0.3) is 6.43 Å². The molecular weight excluding hydrogens is 428 g/mol. The molecule has 8 heteroatoms. The number of aryl methyl sites for hydroxylation is 1. The number of hydrogen-bond acceptors (Lipinski definition) is 4. The van der Waals surface area contributed by atoms with E-state index < -0.39 is 21.3 Å². The lowest BCUT2D eigenvalue weighted by Gasteiger charge is -2.36. The van der Waals surface area contributed by atoms with E-state index in [0.717, 1.165) is 28.5 Å². The van der Waals surface area contributed by atoms with Crippen LogP contribution in [0.25, 0.3) is 22.0 Å². The van der Waals surface area contributed by atoms with Crippen LogP contribution in [0.1, 0.15) is 27.2 Å². The second-order valence-corrected chi connectivity index (χ2v) is 14.3. The Hall–Kier alpha value is -2.45. The van der Waals surface area contributed by atoms with Gasteiger partial charge < -0.3 is 14.9 Å². The number of hydrogen-bond donors (Lipinski definition) is 1. The molecule has 0 radical (unpaired) electrons. The van der Waals surface area contributed by atoms with Crippen LogP contribution in [0.4, 0.5) is 14.6 Å². The van der Waals surface area contributed by atoms with Gasteiger partial charge in [-0.2, -0.15) is 5.10 Å². The van der Waals surface area contributed by atoms with E-state index >= 15 is 0 Å². The summed E-state index contributed by atoms with van der Waals surface area (Å²) in [7, 11) is -1.79. The number of nitrogens with zero attached hydrogens (tertiary/aromatic N) is 2. The van der Waals surface area contributed by atoms with Crippen molar-refractivity contribution in [3.8, 4) is 16.9 Å². The van der Waals surface area contributed by atoms with Crippen molar-refractivity contribution in [3.63, 3.8) is 0 Å². The van der Waals surface area contributed by atoms with Gasteiger partial charge in [-0.15, -0.1) is 0 Å². The van der Waals surface area contributed by atoms with Gasteiger partial charge in [0.2, 0.25) is 0 Å². The molecule has 0 bridgehead atoms. The van der Waals surface area contributed by atoms with E-state index in [1.807, 2.05) is 35.0 Å². The number of halogens is 2. The van der Waals surface area contributed by atoms with Gasteiger partial charge in [-0.1, -0.05) is 45.0 Å². The third-order valence-corrected chi connectivity index (χ3v) is 10.7. The zero-order valence-electron chi connectivity index (χ0n) is 19.5. The van der Waals surface area contributed by atoms with Crippen molar-refractivity contribution in [2.75, 3.05) is 18.9 Å². The molecule has 32 heavy (non-hydrogen) atoms. The zero-order valence-corrected chi connectivity index (χ0v) is 20.5. The average Bonchev–Trinajstić information content (AvgIpc) is 3.04. The van der Waals surface area contributed by atoms with Crippen molar-refractivity contribution in [2.24, 2.45) is 0 Å². The highest BCUT2D eigenvalue weighted by molar-refractivity contribution is 6.74. The van der Waals surface area contributed by atoms with Gasteiger partial charge in [-0.05, 0) is 48.3 Å². The van der Waals surface area contributed by atoms with Gasteiger partial charge in [-0.3, -0.25) is 4.68 Å². The van der Waals surface area contributed by atoms with Gasteiger partial charge in [0.15, 0.2) is 14.1 Å². The number of ether oxygens (including phenoxy) is 1. The van der Waals surface area contributed by atoms with E-state index in [4.69, 9.17) is 14.9 Å². The summed E-state index contributed by atoms with van der Waals surface area (Å²) < 4.78 is 38.8. The number of fused-ring (bicyclic) bond motifs is 1. The molecule has 0 fully saturated rings. The standard InChI is InChI=1S/C24H33F2N3O2Si/c1-24(2,3)32(4,5)31-14-8-13-29-20-15-17(11-12-19(20)23(27)28-29)18-9-6-7-10-21(18)30-16-22(25)26/h6-7,9-12,15,22H,8,13-14,16H2,1-5H3,(H2,27,28). The summed E-state index contributed by atoms with van der Waals surface area (Å²) >= 11 is 0. The summed E-state index contributed by atoms with van der Waals surface area (Å²) in [5.74, 6) is 0.896. The van der Waals surface area contributed by atoms with Gasteiger partial charge in [0.05, 0.1) is 5.52 Å². The molecule has 0 aliphatic heterocycles. The van der Waals surface area contributed by atoms with E-state index in [1.54, 1.807) is 12.1 Å². The fraction of sp³-hybridized carbons (Fsp3) is 0.458. The number of nitrogen functional groups attached to an aromatic ring is 1. The zero-order chi connectivity index (χ0) is 23.5.